The second-order valence-electron chi connectivity index (χ2n) is 6.66. The van der Waals surface area contributed by atoms with Crippen molar-refractivity contribution in [3.05, 3.63) is 84.4 Å². The number of anilines is 1. The molecule has 5 nitrogen and oxygen atoms in total. The number of thioether (sulfide) groups is 1. The molecule has 0 saturated carbocycles. The van der Waals surface area contributed by atoms with Gasteiger partial charge < -0.3 is 10.1 Å². The number of carbonyl (C=O) groups excluding carboxylic acids is 1. The summed E-state index contributed by atoms with van der Waals surface area (Å²) in [5.74, 6) is 0.249. The third kappa shape index (κ3) is 4.54. The molecular weight excluding hydrogens is 420 g/mol. The van der Waals surface area contributed by atoms with Crippen molar-refractivity contribution >= 4 is 34.4 Å². The van der Waals surface area contributed by atoms with Gasteiger partial charge in [0.25, 0.3) is 0 Å². The molecule has 8 heteroatoms. The Morgan fingerprint density at radius 1 is 1.03 bits per heavy atom. The highest BCUT2D eigenvalue weighted by molar-refractivity contribution is 8.00. The van der Waals surface area contributed by atoms with Crippen LogP contribution >= 0.6 is 11.8 Å². The molecule has 0 bridgehead atoms. The predicted molar refractivity (Wildman–Crippen MR) is 118 cm³/mol. The fourth-order valence-corrected chi connectivity index (χ4v) is 4.32. The second kappa shape index (κ2) is 9.18. The zero-order chi connectivity index (χ0) is 21.8. The summed E-state index contributed by atoms with van der Waals surface area (Å²) in [7, 11) is 1.54. The number of hydrogen-bond acceptors (Lipinski definition) is 4. The Morgan fingerprint density at radius 2 is 1.77 bits per heavy atom. The summed E-state index contributed by atoms with van der Waals surface area (Å²) in [6.45, 7) is -2.78. The maximum absolute atomic E-state index is 13.9. The summed E-state index contributed by atoms with van der Waals surface area (Å²) in [4.78, 5) is 17.6. The number of fused-ring (bicyclic) bond motifs is 1. The van der Waals surface area contributed by atoms with Crippen LogP contribution in [0.4, 0.5) is 14.5 Å². The topological polar surface area (TPSA) is 56.1 Å². The van der Waals surface area contributed by atoms with Crippen molar-refractivity contribution < 1.29 is 18.3 Å². The number of para-hydroxylation sites is 2. The van der Waals surface area contributed by atoms with Gasteiger partial charge in [-0.15, -0.1) is 0 Å². The standard InChI is InChI=1S/C23H19F2N3O2S/c1-30-17-11-7-10-16(14-17)26-21(29)20(15-8-3-2-4-9-15)31-23-27-18-12-5-6-13-19(18)28(23)22(24)25/h2-14,20,22H,1H3,(H,26,29). The van der Waals surface area contributed by atoms with E-state index in [1.165, 1.54) is 0 Å². The molecule has 0 aliphatic heterocycles. The van der Waals surface area contributed by atoms with E-state index in [2.05, 4.69) is 10.3 Å². The Morgan fingerprint density at radius 3 is 2.52 bits per heavy atom. The highest BCUT2D eigenvalue weighted by Gasteiger charge is 2.27. The Hall–Kier alpha value is -3.39. The van der Waals surface area contributed by atoms with Gasteiger partial charge in [0.15, 0.2) is 5.16 Å². The van der Waals surface area contributed by atoms with E-state index in [0.29, 0.717) is 28.0 Å². The number of benzene rings is 3. The quantitative estimate of drug-likeness (QED) is 0.364. The SMILES string of the molecule is COc1cccc(NC(=O)C(Sc2nc3ccccc3n2C(F)F)c2ccccc2)c1. The van der Waals surface area contributed by atoms with E-state index in [1.54, 1.807) is 79.9 Å². The largest absolute Gasteiger partial charge is 0.497 e. The average molecular weight is 439 g/mol. The van der Waals surface area contributed by atoms with E-state index >= 15 is 0 Å². The number of ether oxygens (including phenoxy) is 1. The first-order valence-corrected chi connectivity index (χ1v) is 10.4. The van der Waals surface area contributed by atoms with E-state index in [1.807, 2.05) is 6.07 Å². The summed E-state index contributed by atoms with van der Waals surface area (Å²) >= 11 is 0.988. The summed E-state index contributed by atoms with van der Waals surface area (Å²) in [5, 5.41) is 2.14. The Balaban J connectivity index is 1.70. The highest BCUT2D eigenvalue weighted by atomic mass is 32.2. The minimum absolute atomic E-state index is 0.0749. The normalized spacial score (nSPS) is 12.1. The molecule has 158 valence electrons. The van der Waals surface area contributed by atoms with Crippen LogP contribution in [0, 0.1) is 0 Å². The molecule has 0 saturated heterocycles. The second-order valence-corrected chi connectivity index (χ2v) is 7.73. The molecule has 1 heterocycles. The summed E-state index contributed by atoms with van der Waals surface area (Å²) in [5.41, 5.74) is 2.00. The van der Waals surface area contributed by atoms with Crippen LogP contribution in [0.1, 0.15) is 17.4 Å². The van der Waals surface area contributed by atoms with Crippen molar-refractivity contribution in [1.82, 2.24) is 9.55 Å². The number of nitrogens with zero attached hydrogens (tertiary/aromatic N) is 2. The van der Waals surface area contributed by atoms with E-state index in [4.69, 9.17) is 4.74 Å². The van der Waals surface area contributed by atoms with Gasteiger partial charge in [0.2, 0.25) is 5.91 Å². The first-order chi connectivity index (χ1) is 15.1. The number of halogens is 2. The van der Waals surface area contributed by atoms with Crippen molar-refractivity contribution in [2.45, 2.75) is 17.0 Å². The number of amides is 1. The van der Waals surface area contributed by atoms with Crippen molar-refractivity contribution in [3.8, 4) is 5.75 Å². The van der Waals surface area contributed by atoms with Gasteiger partial charge >= 0.3 is 6.55 Å². The fraction of sp³-hybridized carbons (Fsp3) is 0.130. The van der Waals surface area contributed by atoms with Crippen LogP contribution in [0.15, 0.2) is 84.0 Å². The zero-order valence-electron chi connectivity index (χ0n) is 16.5. The zero-order valence-corrected chi connectivity index (χ0v) is 17.4. The molecule has 4 aromatic rings. The number of hydrogen-bond donors (Lipinski definition) is 1. The van der Waals surface area contributed by atoms with Gasteiger partial charge in [-0.05, 0) is 29.8 Å². The van der Waals surface area contributed by atoms with E-state index in [9.17, 15) is 13.6 Å². The molecular formula is C23H19F2N3O2S. The minimum atomic E-state index is -2.78. The van der Waals surface area contributed by atoms with Crippen LogP contribution in [0.3, 0.4) is 0 Å². The number of alkyl halides is 2. The fourth-order valence-electron chi connectivity index (χ4n) is 3.21. The van der Waals surface area contributed by atoms with Gasteiger partial charge in [0.1, 0.15) is 11.0 Å². The van der Waals surface area contributed by atoms with Crippen LogP contribution in [0.5, 0.6) is 5.75 Å². The lowest BCUT2D eigenvalue weighted by Crippen LogP contribution is -2.19. The molecule has 1 aromatic heterocycles. The molecule has 3 aromatic carbocycles. The molecule has 4 rings (SSSR count). The maximum Gasteiger partial charge on any atom is 0.321 e. The summed E-state index contributed by atoms with van der Waals surface area (Å²) in [6.07, 6.45) is 0. The molecule has 31 heavy (non-hydrogen) atoms. The van der Waals surface area contributed by atoms with Crippen LogP contribution in [0.25, 0.3) is 11.0 Å². The molecule has 0 fully saturated rings. The highest BCUT2D eigenvalue weighted by Crippen LogP contribution is 2.39. The third-order valence-electron chi connectivity index (χ3n) is 4.66. The van der Waals surface area contributed by atoms with Crippen LogP contribution in [-0.4, -0.2) is 22.6 Å². The van der Waals surface area contributed by atoms with Crippen molar-refractivity contribution in [2.24, 2.45) is 0 Å². The van der Waals surface area contributed by atoms with Crippen molar-refractivity contribution in [3.63, 3.8) is 0 Å². The monoisotopic (exact) mass is 439 g/mol. The molecule has 0 spiro atoms. The first kappa shape index (κ1) is 20.9. The number of imidazole rings is 1. The van der Waals surface area contributed by atoms with Gasteiger partial charge in [0, 0.05) is 11.8 Å². The molecule has 0 radical (unpaired) electrons. The summed E-state index contributed by atoms with van der Waals surface area (Å²) < 4.78 is 33.8. The molecule has 0 aliphatic rings. The first-order valence-electron chi connectivity index (χ1n) is 9.48. The molecule has 1 N–H and O–H groups in total. The van der Waals surface area contributed by atoms with Crippen LogP contribution in [-0.2, 0) is 4.79 Å². The van der Waals surface area contributed by atoms with Gasteiger partial charge in [0.05, 0.1) is 18.1 Å². The van der Waals surface area contributed by atoms with Gasteiger partial charge in [-0.2, -0.15) is 8.78 Å². The van der Waals surface area contributed by atoms with Gasteiger partial charge in [-0.25, -0.2) is 4.98 Å². The lowest BCUT2D eigenvalue weighted by molar-refractivity contribution is -0.115. The van der Waals surface area contributed by atoms with Crippen LogP contribution < -0.4 is 10.1 Å². The lowest BCUT2D eigenvalue weighted by atomic mass is 10.1. The van der Waals surface area contributed by atoms with E-state index < -0.39 is 11.8 Å². The molecule has 1 unspecified atom stereocenters. The van der Waals surface area contributed by atoms with E-state index in [-0.39, 0.29) is 11.1 Å². The molecule has 1 amide bonds. The average Bonchev–Trinajstić information content (AvgIpc) is 3.16. The smallest absolute Gasteiger partial charge is 0.321 e. The predicted octanol–water partition coefficient (Wildman–Crippen LogP) is 5.91. The van der Waals surface area contributed by atoms with E-state index in [0.717, 1.165) is 16.3 Å². The Bertz CT molecular complexity index is 1200. The van der Waals surface area contributed by atoms with Crippen LogP contribution in [0.2, 0.25) is 0 Å². The Labute approximate surface area is 182 Å². The number of rotatable bonds is 7. The lowest BCUT2D eigenvalue weighted by Gasteiger charge is -2.17. The van der Waals surface area contributed by atoms with Gasteiger partial charge in [-0.1, -0.05) is 60.3 Å². The van der Waals surface area contributed by atoms with Crippen molar-refractivity contribution in [2.75, 3.05) is 12.4 Å². The number of methoxy groups -OCH3 is 1. The molecule has 0 aliphatic carbocycles. The number of nitrogens with one attached hydrogen (secondary N) is 1. The maximum atomic E-state index is 13.9. The molecule has 1 atom stereocenters. The van der Waals surface area contributed by atoms with Gasteiger partial charge in [-0.3, -0.25) is 9.36 Å². The summed E-state index contributed by atoms with van der Waals surface area (Å²) in [6, 6.07) is 22.7. The number of aromatic nitrogens is 2. The number of carbonyl (C=O) groups is 1. The van der Waals surface area contributed by atoms with Crippen molar-refractivity contribution in [1.29, 1.82) is 0 Å². The minimum Gasteiger partial charge on any atom is -0.497 e. The third-order valence-corrected chi connectivity index (χ3v) is 5.88. The Kier molecular flexibility index (Phi) is 6.18.